The van der Waals surface area contributed by atoms with Crippen molar-refractivity contribution in [1.29, 1.82) is 0 Å². The average Bonchev–Trinajstić information content (AvgIpc) is 3.27. The number of nitrogens with one attached hydrogen (secondary N) is 1. The Morgan fingerprint density at radius 1 is 1.03 bits per heavy atom. The van der Waals surface area contributed by atoms with Crippen LogP contribution < -0.4 is 0 Å². The molecule has 1 aliphatic carbocycles. The van der Waals surface area contributed by atoms with E-state index < -0.39 is 34.4 Å². The van der Waals surface area contributed by atoms with Gasteiger partial charge in [0.1, 0.15) is 0 Å². The van der Waals surface area contributed by atoms with Gasteiger partial charge < -0.3 is 14.5 Å². The normalized spacial score (nSPS) is 22.7. The summed E-state index contributed by atoms with van der Waals surface area (Å²) in [7, 11) is -3.83. The molecule has 2 bridgehead atoms. The summed E-state index contributed by atoms with van der Waals surface area (Å²) in [6.45, 7) is 11.5. The number of benzene rings is 1. The van der Waals surface area contributed by atoms with E-state index in [1.807, 2.05) is 0 Å². The number of fused-ring (bicyclic) bond motifs is 2. The fourth-order valence-corrected chi connectivity index (χ4v) is 8.30. The monoisotopic (exact) mass is 544 g/mol. The fourth-order valence-electron chi connectivity index (χ4n) is 6.48. The van der Waals surface area contributed by atoms with Crippen molar-refractivity contribution >= 4 is 27.7 Å². The lowest BCUT2D eigenvalue weighted by atomic mass is 9.65. The Balaban J connectivity index is 1.50. The molecule has 1 N–H and O–H groups in total. The molecule has 2 fully saturated rings. The van der Waals surface area contributed by atoms with Crippen LogP contribution in [-0.2, 0) is 19.5 Å². The van der Waals surface area contributed by atoms with Crippen molar-refractivity contribution in [3.8, 4) is 0 Å². The van der Waals surface area contributed by atoms with Crippen molar-refractivity contribution in [3.63, 3.8) is 0 Å². The Bertz CT molecular complexity index is 1390. The zero-order valence-electron chi connectivity index (χ0n) is 22.8. The number of ether oxygens (including phenoxy) is 2. The smallest absolute Gasteiger partial charge is 0.340 e. The topological polar surface area (TPSA) is 123 Å². The molecule has 1 aromatic heterocycles. The molecule has 38 heavy (non-hydrogen) atoms. The van der Waals surface area contributed by atoms with E-state index in [1.165, 1.54) is 24.3 Å². The van der Waals surface area contributed by atoms with Gasteiger partial charge in [-0.25, -0.2) is 18.0 Å². The fraction of sp³-hybridized carbons (Fsp3) is 0.536. The van der Waals surface area contributed by atoms with Gasteiger partial charge in [0.2, 0.25) is 15.8 Å². The Kier molecular flexibility index (Phi) is 7.35. The number of aromatic amines is 1. The summed E-state index contributed by atoms with van der Waals surface area (Å²) in [6, 6.07) is 5.65. The molecule has 10 heteroatoms. The largest absolute Gasteiger partial charge is 0.462 e. The van der Waals surface area contributed by atoms with E-state index in [2.05, 4.69) is 25.8 Å². The minimum atomic E-state index is -3.83. The van der Waals surface area contributed by atoms with E-state index in [0.29, 0.717) is 17.9 Å². The molecule has 1 aromatic carbocycles. The summed E-state index contributed by atoms with van der Waals surface area (Å²) >= 11 is 0. The highest BCUT2D eigenvalue weighted by molar-refractivity contribution is 7.89. The van der Waals surface area contributed by atoms with E-state index >= 15 is 0 Å². The average molecular weight is 545 g/mol. The third kappa shape index (κ3) is 5.29. The van der Waals surface area contributed by atoms with Crippen LogP contribution in [0.15, 0.2) is 29.2 Å². The summed E-state index contributed by atoms with van der Waals surface area (Å²) in [6.07, 6.45) is 2.57. The molecular formula is C28H36N2O7S. The number of H-pyrrole nitrogens is 1. The standard InChI is InChI=1S/C28H36N2O7S/c1-7-36-26(33)24-18(3)29-17(2)23(24)22(31)14-37-25(32)19-9-8-10-21(11-19)38(34,35)30-16-28(6)13-20(30)12-27(4,5)15-28/h8-11,20,29H,7,12-16H2,1-6H3/t20-,28+/m1/s1. The van der Waals surface area contributed by atoms with Crippen molar-refractivity contribution < 1.29 is 32.3 Å². The number of hydrogen-bond acceptors (Lipinski definition) is 7. The van der Waals surface area contributed by atoms with Gasteiger partial charge in [-0.1, -0.05) is 26.8 Å². The van der Waals surface area contributed by atoms with Gasteiger partial charge in [-0.3, -0.25) is 4.79 Å². The van der Waals surface area contributed by atoms with E-state index in [0.717, 1.165) is 19.3 Å². The number of carbonyl (C=O) groups excluding carboxylic acids is 3. The number of esters is 2. The maximum absolute atomic E-state index is 13.6. The summed E-state index contributed by atoms with van der Waals surface area (Å²) in [4.78, 5) is 41.1. The molecule has 0 unspecified atom stereocenters. The first-order valence-corrected chi connectivity index (χ1v) is 14.3. The van der Waals surface area contributed by atoms with Crippen LogP contribution in [0.4, 0.5) is 0 Å². The number of rotatable bonds is 8. The quantitative estimate of drug-likeness (QED) is 0.385. The predicted octanol–water partition coefficient (Wildman–Crippen LogP) is 4.44. The second-order valence-electron chi connectivity index (χ2n) is 11.6. The van der Waals surface area contributed by atoms with Gasteiger partial charge >= 0.3 is 11.9 Å². The Morgan fingerprint density at radius 3 is 2.39 bits per heavy atom. The number of sulfonamides is 1. The second-order valence-corrected chi connectivity index (χ2v) is 13.5. The third-order valence-electron chi connectivity index (χ3n) is 7.51. The second kappa shape index (κ2) is 9.96. The zero-order valence-corrected chi connectivity index (χ0v) is 23.7. The first-order valence-electron chi connectivity index (χ1n) is 12.9. The van der Waals surface area contributed by atoms with E-state index in [4.69, 9.17) is 9.47 Å². The first-order chi connectivity index (χ1) is 17.7. The number of Topliss-reactive ketones (excluding diaryl/α,β-unsaturated/α-hetero) is 1. The molecular weight excluding hydrogens is 508 g/mol. The molecule has 0 amide bonds. The number of nitrogens with zero attached hydrogens (tertiary/aromatic N) is 1. The summed E-state index contributed by atoms with van der Waals surface area (Å²) in [5.41, 5.74) is 1.19. The first kappa shape index (κ1) is 28.0. The SMILES string of the molecule is CCOC(=O)c1c(C)[nH]c(C)c1C(=O)COC(=O)c1cccc(S(=O)(=O)N2C[C@@]3(C)C[C@H]2CC(C)(C)C3)c1. The molecule has 0 spiro atoms. The minimum absolute atomic E-state index is 0.0222. The number of aromatic nitrogens is 1. The molecule has 2 atom stereocenters. The van der Waals surface area contributed by atoms with Crippen LogP contribution >= 0.6 is 0 Å². The van der Waals surface area contributed by atoms with Gasteiger partial charge in [0.05, 0.1) is 28.2 Å². The molecule has 1 saturated heterocycles. The van der Waals surface area contributed by atoms with Crippen molar-refractivity contribution in [1.82, 2.24) is 9.29 Å². The van der Waals surface area contributed by atoms with E-state index in [9.17, 15) is 22.8 Å². The number of carbonyl (C=O) groups is 3. The third-order valence-corrected chi connectivity index (χ3v) is 9.41. The van der Waals surface area contributed by atoms with Crippen LogP contribution in [-0.4, -0.2) is 61.2 Å². The van der Waals surface area contributed by atoms with Gasteiger partial charge in [-0.15, -0.1) is 0 Å². The maximum atomic E-state index is 13.6. The van der Waals surface area contributed by atoms with Gasteiger partial charge in [0, 0.05) is 24.0 Å². The molecule has 1 saturated carbocycles. The Hall–Kier alpha value is -2.98. The van der Waals surface area contributed by atoms with Crippen LogP contribution in [0.1, 0.15) is 89.4 Å². The van der Waals surface area contributed by atoms with Gasteiger partial charge in [-0.05, 0) is 69.1 Å². The van der Waals surface area contributed by atoms with Crippen molar-refractivity contribution in [2.45, 2.75) is 71.7 Å². The van der Waals surface area contributed by atoms with Crippen molar-refractivity contribution in [2.24, 2.45) is 10.8 Å². The minimum Gasteiger partial charge on any atom is -0.462 e. The van der Waals surface area contributed by atoms with Crippen molar-refractivity contribution in [3.05, 3.63) is 52.3 Å². The summed E-state index contributed by atoms with van der Waals surface area (Å²) in [5.74, 6) is -2.02. The van der Waals surface area contributed by atoms with E-state index in [1.54, 1.807) is 25.1 Å². The molecule has 2 aromatic rings. The highest BCUT2D eigenvalue weighted by atomic mass is 32.2. The Morgan fingerprint density at radius 2 is 1.71 bits per heavy atom. The maximum Gasteiger partial charge on any atom is 0.340 e. The van der Waals surface area contributed by atoms with Crippen LogP contribution in [0.5, 0.6) is 0 Å². The summed E-state index contributed by atoms with van der Waals surface area (Å²) < 4.78 is 39.1. The molecule has 9 nitrogen and oxygen atoms in total. The lowest BCUT2D eigenvalue weighted by Crippen LogP contribution is -2.37. The molecule has 4 rings (SSSR count). The lowest BCUT2D eigenvalue weighted by Gasteiger charge is -2.39. The number of ketones is 1. The predicted molar refractivity (Wildman–Crippen MR) is 141 cm³/mol. The molecule has 2 heterocycles. The van der Waals surface area contributed by atoms with Gasteiger partial charge in [0.25, 0.3) is 0 Å². The number of aryl methyl sites for hydroxylation is 2. The van der Waals surface area contributed by atoms with Crippen LogP contribution in [0.25, 0.3) is 0 Å². The molecule has 2 aliphatic rings. The Labute approximate surface area is 223 Å². The van der Waals surface area contributed by atoms with Gasteiger partial charge in [-0.2, -0.15) is 4.31 Å². The van der Waals surface area contributed by atoms with Crippen LogP contribution in [0.3, 0.4) is 0 Å². The van der Waals surface area contributed by atoms with E-state index in [-0.39, 0.29) is 45.1 Å². The van der Waals surface area contributed by atoms with Crippen LogP contribution in [0, 0.1) is 24.7 Å². The van der Waals surface area contributed by atoms with Gasteiger partial charge in [0.15, 0.2) is 6.61 Å². The van der Waals surface area contributed by atoms with Crippen LogP contribution in [0.2, 0.25) is 0 Å². The zero-order chi connectivity index (χ0) is 28.0. The molecule has 1 aliphatic heterocycles. The molecule has 206 valence electrons. The highest BCUT2D eigenvalue weighted by Crippen LogP contribution is 2.53. The molecule has 0 radical (unpaired) electrons. The summed E-state index contributed by atoms with van der Waals surface area (Å²) in [5, 5.41) is 0. The van der Waals surface area contributed by atoms with Crippen molar-refractivity contribution in [2.75, 3.05) is 19.8 Å². The number of hydrogen-bond donors (Lipinski definition) is 1. The lowest BCUT2D eigenvalue weighted by molar-refractivity contribution is 0.0472. The highest BCUT2D eigenvalue weighted by Gasteiger charge is 2.53.